The third-order valence-corrected chi connectivity index (χ3v) is 2.96. The first kappa shape index (κ1) is 12.7. The van der Waals surface area contributed by atoms with Crippen LogP contribution in [0.15, 0.2) is 22.6 Å². The van der Waals surface area contributed by atoms with Crippen molar-refractivity contribution in [2.24, 2.45) is 0 Å². The Kier molecular flexibility index (Phi) is 3.69. The van der Waals surface area contributed by atoms with Crippen molar-refractivity contribution in [1.82, 2.24) is 0 Å². The van der Waals surface area contributed by atoms with Gasteiger partial charge in [-0.2, -0.15) is 0 Å². The molecule has 1 heterocycles. The van der Waals surface area contributed by atoms with Crippen molar-refractivity contribution in [2.75, 3.05) is 0 Å². The SMILES string of the molecule is CC#CCCC(O)c1oc2ccc(F)cc2c1C. The molecule has 2 aromatic rings. The summed E-state index contributed by atoms with van der Waals surface area (Å²) in [6.07, 6.45) is 0.438. The van der Waals surface area contributed by atoms with Gasteiger partial charge in [-0.3, -0.25) is 0 Å². The van der Waals surface area contributed by atoms with Gasteiger partial charge >= 0.3 is 0 Å². The Bertz CT molecular complexity index is 616. The van der Waals surface area contributed by atoms with Crippen molar-refractivity contribution < 1.29 is 13.9 Å². The zero-order valence-electron chi connectivity index (χ0n) is 10.5. The second-order valence-electron chi connectivity index (χ2n) is 4.21. The fraction of sp³-hybridized carbons (Fsp3) is 0.333. The van der Waals surface area contributed by atoms with Gasteiger partial charge in [0.05, 0.1) is 0 Å². The number of hydrogen-bond acceptors (Lipinski definition) is 2. The van der Waals surface area contributed by atoms with Crippen LogP contribution in [0.1, 0.15) is 37.2 Å². The fourth-order valence-electron chi connectivity index (χ4n) is 1.99. The van der Waals surface area contributed by atoms with Crippen molar-refractivity contribution in [3.8, 4) is 11.8 Å². The maximum Gasteiger partial charge on any atom is 0.136 e. The average molecular weight is 246 g/mol. The first-order valence-electron chi connectivity index (χ1n) is 5.89. The molecule has 1 N–H and O–H groups in total. The standard InChI is InChI=1S/C15H15FO2/c1-3-4-5-6-13(17)15-10(2)12-9-11(16)7-8-14(12)18-15/h7-9,13,17H,5-6H2,1-2H3. The van der Waals surface area contributed by atoms with Gasteiger partial charge in [0.15, 0.2) is 0 Å². The van der Waals surface area contributed by atoms with Crippen LogP contribution < -0.4 is 0 Å². The Labute approximate surface area is 105 Å². The topological polar surface area (TPSA) is 33.4 Å². The van der Waals surface area contributed by atoms with E-state index in [4.69, 9.17) is 4.42 Å². The summed E-state index contributed by atoms with van der Waals surface area (Å²) in [6, 6.07) is 4.36. The van der Waals surface area contributed by atoms with E-state index in [0.717, 1.165) is 5.56 Å². The number of halogens is 1. The lowest BCUT2D eigenvalue weighted by molar-refractivity contribution is 0.143. The molecule has 2 rings (SSSR count). The van der Waals surface area contributed by atoms with Crippen molar-refractivity contribution in [2.45, 2.75) is 32.8 Å². The maximum absolute atomic E-state index is 13.2. The second kappa shape index (κ2) is 5.24. The van der Waals surface area contributed by atoms with Crippen LogP contribution >= 0.6 is 0 Å². The van der Waals surface area contributed by atoms with E-state index in [2.05, 4.69) is 11.8 Å². The van der Waals surface area contributed by atoms with Crippen molar-refractivity contribution in [1.29, 1.82) is 0 Å². The molecule has 94 valence electrons. The number of hydrogen-bond donors (Lipinski definition) is 1. The normalized spacial score (nSPS) is 12.2. The smallest absolute Gasteiger partial charge is 0.136 e. The Balaban J connectivity index is 2.32. The first-order chi connectivity index (χ1) is 8.63. The summed E-state index contributed by atoms with van der Waals surface area (Å²) >= 11 is 0. The van der Waals surface area contributed by atoms with Crippen molar-refractivity contribution >= 4 is 11.0 Å². The van der Waals surface area contributed by atoms with E-state index in [-0.39, 0.29) is 5.82 Å². The van der Waals surface area contributed by atoms with Crippen LogP contribution in [0.3, 0.4) is 0 Å². The van der Waals surface area contributed by atoms with Gasteiger partial charge in [-0.05, 0) is 38.5 Å². The molecule has 18 heavy (non-hydrogen) atoms. The molecule has 0 aliphatic carbocycles. The van der Waals surface area contributed by atoms with Crippen LogP contribution in [0, 0.1) is 24.6 Å². The van der Waals surface area contributed by atoms with Crippen LogP contribution in [-0.4, -0.2) is 5.11 Å². The molecule has 0 radical (unpaired) electrons. The van der Waals surface area contributed by atoms with Crippen LogP contribution in [0.5, 0.6) is 0 Å². The lowest BCUT2D eigenvalue weighted by Crippen LogP contribution is -1.96. The molecule has 1 unspecified atom stereocenters. The predicted octanol–water partition coefficient (Wildman–Crippen LogP) is 3.72. The van der Waals surface area contributed by atoms with Gasteiger partial charge < -0.3 is 9.52 Å². The van der Waals surface area contributed by atoms with E-state index in [0.29, 0.717) is 29.6 Å². The van der Waals surface area contributed by atoms with Gasteiger partial charge in [-0.1, -0.05) is 0 Å². The molecule has 0 saturated carbocycles. The minimum atomic E-state index is -0.693. The third kappa shape index (κ3) is 2.39. The number of aliphatic hydroxyl groups excluding tert-OH is 1. The molecule has 0 aliphatic heterocycles. The molecular formula is C15H15FO2. The number of rotatable bonds is 3. The van der Waals surface area contributed by atoms with Crippen molar-refractivity contribution in [3.05, 3.63) is 35.3 Å². The van der Waals surface area contributed by atoms with Crippen LogP contribution in [0.2, 0.25) is 0 Å². The summed E-state index contributed by atoms with van der Waals surface area (Å²) in [5.41, 5.74) is 1.39. The molecule has 1 atom stereocenters. The Morgan fingerprint density at radius 2 is 2.22 bits per heavy atom. The largest absolute Gasteiger partial charge is 0.458 e. The Morgan fingerprint density at radius 3 is 2.94 bits per heavy atom. The molecule has 0 spiro atoms. The monoisotopic (exact) mass is 246 g/mol. The first-order valence-corrected chi connectivity index (χ1v) is 5.89. The number of aryl methyl sites for hydroxylation is 1. The summed E-state index contributed by atoms with van der Waals surface area (Å²) in [5.74, 6) is 5.89. The van der Waals surface area contributed by atoms with E-state index in [1.165, 1.54) is 12.1 Å². The third-order valence-electron chi connectivity index (χ3n) is 2.96. The quantitative estimate of drug-likeness (QED) is 0.837. The molecule has 0 bridgehead atoms. The van der Waals surface area contributed by atoms with Gasteiger partial charge in [0.25, 0.3) is 0 Å². The molecule has 2 nitrogen and oxygen atoms in total. The summed E-state index contributed by atoms with van der Waals surface area (Å²) in [6.45, 7) is 3.59. The van der Waals surface area contributed by atoms with Gasteiger partial charge in [0, 0.05) is 17.4 Å². The molecule has 0 aliphatic rings. The molecule has 0 fully saturated rings. The van der Waals surface area contributed by atoms with Crippen LogP contribution in [-0.2, 0) is 0 Å². The van der Waals surface area contributed by atoms with Gasteiger partial charge in [-0.15, -0.1) is 11.8 Å². The zero-order chi connectivity index (χ0) is 13.1. The second-order valence-corrected chi connectivity index (χ2v) is 4.21. The molecule has 1 aromatic carbocycles. The highest BCUT2D eigenvalue weighted by molar-refractivity contribution is 5.82. The van der Waals surface area contributed by atoms with Crippen LogP contribution in [0.4, 0.5) is 4.39 Å². The minimum absolute atomic E-state index is 0.302. The van der Waals surface area contributed by atoms with E-state index in [1.807, 2.05) is 6.92 Å². The predicted molar refractivity (Wildman–Crippen MR) is 68.6 cm³/mol. The molecule has 0 saturated heterocycles. The Morgan fingerprint density at radius 1 is 1.44 bits per heavy atom. The minimum Gasteiger partial charge on any atom is -0.458 e. The highest BCUT2D eigenvalue weighted by Gasteiger charge is 2.17. The molecular weight excluding hydrogens is 231 g/mol. The zero-order valence-corrected chi connectivity index (χ0v) is 10.5. The Hall–Kier alpha value is -1.79. The molecule has 0 amide bonds. The van der Waals surface area contributed by atoms with E-state index < -0.39 is 6.10 Å². The fourth-order valence-corrected chi connectivity index (χ4v) is 1.99. The highest BCUT2D eigenvalue weighted by atomic mass is 19.1. The molecule has 3 heteroatoms. The number of furan rings is 1. The lowest BCUT2D eigenvalue weighted by atomic mass is 10.1. The highest BCUT2D eigenvalue weighted by Crippen LogP contribution is 2.31. The summed E-state index contributed by atoms with van der Waals surface area (Å²) in [5, 5.41) is 10.8. The maximum atomic E-state index is 13.2. The lowest BCUT2D eigenvalue weighted by Gasteiger charge is -2.06. The van der Waals surface area contributed by atoms with Crippen LogP contribution in [0.25, 0.3) is 11.0 Å². The average Bonchev–Trinajstić information content (AvgIpc) is 2.67. The number of aliphatic hydroxyl groups is 1. The number of fused-ring (bicyclic) bond motifs is 1. The van der Waals surface area contributed by atoms with Gasteiger partial charge in [0.2, 0.25) is 0 Å². The summed E-state index contributed by atoms with van der Waals surface area (Å²) in [4.78, 5) is 0. The van der Waals surface area contributed by atoms with Gasteiger partial charge in [-0.25, -0.2) is 4.39 Å². The summed E-state index contributed by atoms with van der Waals surface area (Å²) < 4.78 is 18.7. The summed E-state index contributed by atoms with van der Waals surface area (Å²) in [7, 11) is 0. The number of benzene rings is 1. The van der Waals surface area contributed by atoms with E-state index in [9.17, 15) is 9.50 Å². The van der Waals surface area contributed by atoms with Gasteiger partial charge in [0.1, 0.15) is 23.3 Å². The van der Waals surface area contributed by atoms with E-state index in [1.54, 1.807) is 13.0 Å². The van der Waals surface area contributed by atoms with E-state index >= 15 is 0 Å². The molecule has 1 aromatic heterocycles. The van der Waals surface area contributed by atoms with Crippen molar-refractivity contribution in [3.63, 3.8) is 0 Å².